The molecule has 112 valence electrons. The number of rotatable bonds is 4. The molecular weight excluding hydrogens is 420 g/mol. The largest absolute Gasteiger partial charge is 0.326 e. The van der Waals surface area contributed by atoms with Crippen molar-refractivity contribution in [2.24, 2.45) is 5.73 Å². The molecule has 0 atom stereocenters. The van der Waals surface area contributed by atoms with Crippen molar-refractivity contribution >= 4 is 47.6 Å². The molecule has 0 unspecified atom stereocenters. The second kappa shape index (κ2) is 6.48. The quantitative estimate of drug-likeness (QED) is 0.770. The van der Waals surface area contributed by atoms with Gasteiger partial charge in [-0.2, -0.15) is 0 Å². The first-order chi connectivity index (χ1) is 9.83. The maximum Gasteiger partial charge on any atom is 0.263 e. The van der Waals surface area contributed by atoms with Gasteiger partial charge in [-0.05, 0) is 64.3 Å². The third-order valence-electron chi connectivity index (χ3n) is 2.95. The molecule has 7 heteroatoms. The summed E-state index contributed by atoms with van der Waals surface area (Å²) < 4.78 is 29.1. The maximum atomic E-state index is 12.5. The van der Waals surface area contributed by atoms with Gasteiger partial charge in [-0.3, -0.25) is 4.72 Å². The predicted molar refractivity (Wildman–Crippen MR) is 91.7 cm³/mol. The second-order valence-corrected chi connectivity index (χ2v) is 7.95. The Labute approximate surface area is 141 Å². The lowest BCUT2D eigenvalue weighted by Gasteiger charge is -2.13. The summed E-state index contributed by atoms with van der Waals surface area (Å²) in [6.07, 6.45) is 0. The lowest BCUT2D eigenvalue weighted by molar-refractivity contribution is 0.600. The van der Waals surface area contributed by atoms with Crippen LogP contribution in [0.3, 0.4) is 0 Å². The number of anilines is 1. The number of hydrogen-bond donors (Lipinski definition) is 2. The van der Waals surface area contributed by atoms with E-state index in [-0.39, 0.29) is 11.4 Å². The van der Waals surface area contributed by atoms with Gasteiger partial charge in [0, 0.05) is 15.5 Å². The molecule has 0 radical (unpaired) electrons. The van der Waals surface area contributed by atoms with Crippen molar-refractivity contribution in [3.63, 3.8) is 0 Å². The van der Waals surface area contributed by atoms with E-state index in [0.717, 1.165) is 15.6 Å². The smallest absolute Gasteiger partial charge is 0.263 e. The van der Waals surface area contributed by atoms with Gasteiger partial charge in [-0.1, -0.05) is 22.0 Å². The van der Waals surface area contributed by atoms with Crippen LogP contribution >= 0.6 is 31.9 Å². The number of halogens is 2. The Kier molecular flexibility index (Phi) is 5.08. The Hall–Kier alpha value is -0.890. The molecule has 2 aromatic carbocycles. The molecule has 0 heterocycles. The van der Waals surface area contributed by atoms with Crippen LogP contribution in [0.2, 0.25) is 0 Å². The molecule has 0 aliphatic rings. The van der Waals surface area contributed by atoms with Crippen LogP contribution in [-0.2, 0) is 16.6 Å². The molecule has 0 aromatic heterocycles. The normalized spacial score (nSPS) is 11.4. The molecule has 0 fully saturated rings. The van der Waals surface area contributed by atoms with Crippen molar-refractivity contribution in [1.82, 2.24) is 0 Å². The lowest BCUT2D eigenvalue weighted by Crippen LogP contribution is -2.15. The van der Waals surface area contributed by atoms with Gasteiger partial charge in [0.1, 0.15) is 4.90 Å². The monoisotopic (exact) mass is 432 g/mol. The van der Waals surface area contributed by atoms with Crippen LogP contribution in [0.25, 0.3) is 0 Å². The van der Waals surface area contributed by atoms with Crippen molar-refractivity contribution < 1.29 is 8.42 Å². The summed E-state index contributed by atoms with van der Waals surface area (Å²) in [5, 5.41) is 0. The SMILES string of the molecule is Cc1cc(Br)ccc1NS(=O)(=O)c1cc(CN)ccc1Br. The Morgan fingerprint density at radius 3 is 2.48 bits per heavy atom. The van der Waals surface area contributed by atoms with Crippen LogP contribution in [0.15, 0.2) is 50.2 Å². The van der Waals surface area contributed by atoms with Crippen molar-refractivity contribution in [2.75, 3.05) is 4.72 Å². The van der Waals surface area contributed by atoms with Crippen LogP contribution in [0.4, 0.5) is 5.69 Å². The average Bonchev–Trinajstić information content (AvgIpc) is 2.42. The molecule has 0 saturated carbocycles. The van der Waals surface area contributed by atoms with Gasteiger partial charge in [0.25, 0.3) is 10.0 Å². The molecule has 2 rings (SSSR count). The topological polar surface area (TPSA) is 72.2 Å². The number of aryl methyl sites for hydroxylation is 1. The lowest BCUT2D eigenvalue weighted by atomic mass is 10.2. The summed E-state index contributed by atoms with van der Waals surface area (Å²) in [5.41, 5.74) is 7.70. The van der Waals surface area contributed by atoms with E-state index in [0.29, 0.717) is 10.2 Å². The van der Waals surface area contributed by atoms with Gasteiger partial charge in [0.15, 0.2) is 0 Å². The number of hydrogen-bond acceptors (Lipinski definition) is 3. The van der Waals surface area contributed by atoms with E-state index < -0.39 is 10.0 Å². The number of nitrogens with one attached hydrogen (secondary N) is 1. The minimum absolute atomic E-state index is 0.174. The second-order valence-electron chi connectivity index (χ2n) is 4.53. The maximum absolute atomic E-state index is 12.5. The highest BCUT2D eigenvalue weighted by Gasteiger charge is 2.19. The molecule has 21 heavy (non-hydrogen) atoms. The first-order valence-electron chi connectivity index (χ1n) is 6.11. The Balaban J connectivity index is 2.43. The summed E-state index contributed by atoms with van der Waals surface area (Å²) >= 11 is 6.62. The summed E-state index contributed by atoms with van der Waals surface area (Å²) in [6, 6.07) is 10.4. The highest BCUT2D eigenvalue weighted by Crippen LogP contribution is 2.27. The number of sulfonamides is 1. The molecule has 0 aliphatic carbocycles. The van der Waals surface area contributed by atoms with Gasteiger partial charge in [0.2, 0.25) is 0 Å². The summed E-state index contributed by atoms with van der Waals surface area (Å²) in [4.78, 5) is 0.174. The Morgan fingerprint density at radius 1 is 1.14 bits per heavy atom. The zero-order chi connectivity index (χ0) is 15.6. The van der Waals surface area contributed by atoms with Crippen LogP contribution in [0, 0.1) is 6.92 Å². The van der Waals surface area contributed by atoms with E-state index in [1.54, 1.807) is 30.3 Å². The third kappa shape index (κ3) is 3.85. The van der Waals surface area contributed by atoms with Crippen molar-refractivity contribution in [2.45, 2.75) is 18.4 Å². The first-order valence-corrected chi connectivity index (χ1v) is 9.18. The van der Waals surface area contributed by atoms with Crippen LogP contribution in [0.5, 0.6) is 0 Å². The fourth-order valence-corrected chi connectivity index (χ4v) is 4.44. The van der Waals surface area contributed by atoms with Gasteiger partial charge < -0.3 is 5.73 Å². The van der Waals surface area contributed by atoms with Gasteiger partial charge in [-0.25, -0.2) is 8.42 Å². The van der Waals surface area contributed by atoms with E-state index in [9.17, 15) is 8.42 Å². The predicted octanol–water partition coefficient (Wildman–Crippen LogP) is 3.78. The number of nitrogens with two attached hydrogens (primary N) is 1. The number of benzene rings is 2. The molecule has 3 N–H and O–H groups in total. The molecule has 4 nitrogen and oxygen atoms in total. The van der Waals surface area contributed by atoms with Gasteiger partial charge in [0.05, 0.1) is 5.69 Å². The molecule has 0 saturated heterocycles. The first kappa shape index (κ1) is 16.5. The van der Waals surface area contributed by atoms with Crippen LogP contribution < -0.4 is 10.5 Å². The molecule has 2 aromatic rings. The zero-order valence-electron chi connectivity index (χ0n) is 11.2. The molecule has 0 bridgehead atoms. The van der Waals surface area contributed by atoms with Gasteiger partial charge >= 0.3 is 0 Å². The van der Waals surface area contributed by atoms with Crippen molar-refractivity contribution in [1.29, 1.82) is 0 Å². The summed E-state index contributed by atoms with van der Waals surface area (Å²) in [7, 11) is -3.68. The fraction of sp³-hybridized carbons (Fsp3) is 0.143. The highest BCUT2D eigenvalue weighted by atomic mass is 79.9. The Morgan fingerprint density at radius 2 is 1.86 bits per heavy atom. The fourth-order valence-electron chi connectivity index (χ4n) is 1.82. The van der Waals surface area contributed by atoms with Crippen molar-refractivity contribution in [3.05, 3.63) is 56.5 Å². The molecule has 0 amide bonds. The van der Waals surface area contributed by atoms with Crippen LogP contribution in [-0.4, -0.2) is 8.42 Å². The molecule has 0 spiro atoms. The van der Waals surface area contributed by atoms with Crippen molar-refractivity contribution in [3.8, 4) is 0 Å². The third-order valence-corrected chi connectivity index (χ3v) is 5.81. The van der Waals surface area contributed by atoms with Gasteiger partial charge in [-0.15, -0.1) is 0 Å². The van der Waals surface area contributed by atoms with E-state index >= 15 is 0 Å². The zero-order valence-corrected chi connectivity index (χ0v) is 15.2. The molecular formula is C14H14Br2N2O2S. The average molecular weight is 434 g/mol. The minimum atomic E-state index is -3.68. The minimum Gasteiger partial charge on any atom is -0.326 e. The summed E-state index contributed by atoms with van der Waals surface area (Å²) in [5.74, 6) is 0. The van der Waals surface area contributed by atoms with E-state index in [4.69, 9.17) is 5.73 Å². The Bertz CT molecular complexity index is 777. The van der Waals surface area contributed by atoms with E-state index in [2.05, 4.69) is 36.6 Å². The standard InChI is InChI=1S/C14H14Br2N2O2S/c1-9-6-11(15)3-5-13(9)18-21(19,20)14-7-10(8-17)2-4-12(14)16/h2-7,18H,8,17H2,1H3. The molecule has 0 aliphatic heterocycles. The van der Waals surface area contributed by atoms with Crippen LogP contribution in [0.1, 0.15) is 11.1 Å². The van der Waals surface area contributed by atoms with E-state index in [1.807, 2.05) is 13.0 Å². The summed E-state index contributed by atoms with van der Waals surface area (Å²) in [6.45, 7) is 2.13. The highest BCUT2D eigenvalue weighted by molar-refractivity contribution is 9.10. The van der Waals surface area contributed by atoms with E-state index in [1.165, 1.54) is 0 Å².